The monoisotopic (exact) mass is 287 g/mol. The van der Waals surface area contributed by atoms with Crippen LogP contribution in [0.3, 0.4) is 0 Å². The minimum atomic E-state index is -4.72. The van der Waals surface area contributed by atoms with Gasteiger partial charge in [0.05, 0.1) is 22.9 Å². The van der Waals surface area contributed by atoms with Crippen molar-refractivity contribution < 1.29 is 26.7 Å². The number of carbonyl (C=O) groups is 1. The lowest BCUT2D eigenvalue weighted by Crippen LogP contribution is -2.11. The average molecular weight is 287 g/mol. The molecule has 2 rings (SSSR count). The van der Waals surface area contributed by atoms with Crippen LogP contribution < -0.4 is 0 Å². The molecule has 7 heteroatoms. The molecule has 0 saturated heterocycles. The molecule has 2 aromatic rings. The van der Waals surface area contributed by atoms with E-state index in [9.17, 15) is 26.7 Å². The van der Waals surface area contributed by atoms with Crippen LogP contribution in [0.4, 0.5) is 22.0 Å². The van der Waals surface area contributed by atoms with E-state index in [-0.39, 0.29) is 0 Å². The maximum atomic E-state index is 13.5. The predicted octanol–water partition coefficient (Wildman–Crippen LogP) is 3.61. The van der Waals surface area contributed by atoms with Gasteiger partial charge >= 0.3 is 6.18 Å². The van der Waals surface area contributed by atoms with E-state index in [0.29, 0.717) is 18.2 Å². The van der Waals surface area contributed by atoms with Crippen LogP contribution in [0.15, 0.2) is 36.7 Å². The van der Waals surface area contributed by atoms with Gasteiger partial charge < -0.3 is 0 Å². The number of benzene rings is 1. The third kappa shape index (κ3) is 2.66. The molecule has 1 heterocycles. The summed E-state index contributed by atoms with van der Waals surface area (Å²) in [6.45, 7) is 0. The van der Waals surface area contributed by atoms with Gasteiger partial charge in [-0.15, -0.1) is 0 Å². The number of alkyl halides is 3. The highest BCUT2D eigenvalue weighted by atomic mass is 19.4. The van der Waals surface area contributed by atoms with E-state index in [4.69, 9.17) is 0 Å². The van der Waals surface area contributed by atoms with Crippen molar-refractivity contribution >= 4 is 5.78 Å². The van der Waals surface area contributed by atoms with Crippen LogP contribution in [0.25, 0.3) is 0 Å². The molecule has 0 bridgehead atoms. The van der Waals surface area contributed by atoms with Crippen LogP contribution >= 0.6 is 0 Å². The largest absolute Gasteiger partial charge is 0.416 e. The number of hydrogen-bond donors (Lipinski definition) is 0. The van der Waals surface area contributed by atoms with Gasteiger partial charge in [0.25, 0.3) is 0 Å². The number of aromatic nitrogens is 1. The molecule has 1 aromatic heterocycles. The Labute approximate surface area is 109 Å². The molecule has 0 radical (unpaired) electrons. The first-order valence-corrected chi connectivity index (χ1v) is 5.31. The topological polar surface area (TPSA) is 30.0 Å². The van der Waals surface area contributed by atoms with Crippen LogP contribution in [0, 0.1) is 11.6 Å². The molecule has 0 spiro atoms. The molecule has 0 saturated carbocycles. The molecular formula is C13H6F5NO. The minimum Gasteiger partial charge on any atom is -0.288 e. The number of nitrogens with zero attached hydrogens (tertiary/aromatic N) is 1. The second-order valence-corrected chi connectivity index (χ2v) is 3.88. The van der Waals surface area contributed by atoms with Crippen molar-refractivity contribution in [3.8, 4) is 0 Å². The number of halogens is 5. The van der Waals surface area contributed by atoms with E-state index < -0.39 is 40.3 Å². The highest BCUT2D eigenvalue weighted by Gasteiger charge is 2.32. The fourth-order valence-electron chi connectivity index (χ4n) is 1.58. The summed E-state index contributed by atoms with van der Waals surface area (Å²) in [7, 11) is 0. The lowest BCUT2D eigenvalue weighted by molar-refractivity contribution is -0.137. The van der Waals surface area contributed by atoms with Crippen molar-refractivity contribution in [2.75, 3.05) is 0 Å². The van der Waals surface area contributed by atoms with Crippen molar-refractivity contribution in [1.29, 1.82) is 0 Å². The SMILES string of the molecule is O=C(c1ccncc1F)c1cc(C(F)(F)F)ccc1F. The number of rotatable bonds is 2. The summed E-state index contributed by atoms with van der Waals surface area (Å²) in [6, 6.07) is 2.36. The Bertz CT molecular complexity index is 666. The summed E-state index contributed by atoms with van der Waals surface area (Å²) in [5, 5.41) is 0. The number of hydrogen-bond acceptors (Lipinski definition) is 2. The molecule has 1 aromatic carbocycles. The van der Waals surface area contributed by atoms with Crippen molar-refractivity contribution in [2.45, 2.75) is 6.18 Å². The molecule has 20 heavy (non-hydrogen) atoms. The van der Waals surface area contributed by atoms with Crippen LogP contribution in [0.5, 0.6) is 0 Å². The molecule has 0 unspecified atom stereocenters. The molecular weight excluding hydrogens is 281 g/mol. The summed E-state index contributed by atoms with van der Waals surface area (Å²) in [6.07, 6.45) is -2.92. The lowest BCUT2D eigenvalue weighted by atomic mass is 10.0. The molecule has 0 amide bonds. The zero-order valence-electron chi connectivity index (χ0n) is 9.71. The number of pyridine rings is 1. The molecule has 0 atom stereocenters. The van der Waals surface area contributed by atoms with E-state index in [1.54, 1.807) is 0 Å². The molecule has 0 N–H and O–H groups in total. The Morgan fingerprint density at radius 1 is 1.00 bits per heavy atom. The van der Waals surface area contributed by atoms with Crippen LogP contribution in [-0.2, 0) is 6.18 Å². The van der Waals surface area contributed by atoms with Crippen LogP contribution in [-0.4, -0.2) is 10.8 Å². The number of carbonyl (C=O) groups excluding carboxylic acids is 1. The highest BCUT2D eigenvalue weighted by Crippen LogP contribution is 2.31. The van der Waals surface area contributed by atoms with Gasteiger partial charge in [-0.2, -0.15) is 13.2 Å². The standard InChI is InChI=1S/C13H6F5NO/c14-10-2-1-7(13(16,17)18)5-9(10)12(20)8-3-4-19-6-11(8)15/h1-6H. The first kappa shape index (κ1) is 14.1. The fourth-order valence-corrected chi connectivity index (χ4v) is 1.58. The Kier molecular flexibility index (Phi) is 3.52. The summed E-state index contributed by atoms with van der Waals surface area (Å²) in [5.74, 6) is -3.36. The zero-order valence-corrected chi connectivity index (χ0v) is 9.71. The van der Waals surface area contributed by atoms with Gasteiger partial charge in [-0.3, -0.25) is 9.78 Å². The van der Waals surface area contributed by atoms with Gasteiger partial charge in [0, 0.05) is 6.20 Å². The van der Waals surface area contributed by atoms with E-state index in [1.807, 2.05) is 0 Å². The van der Waals surface area contributed by atoms with Crippen molar-refractivity contribution in [3.63, 3.8) is 0 Å². The fraction of sp³-hybridized carbons (Fsp3) is 0.0769. The van der Waals surface area contributed by atoms with E-state index >= 15 is 0 Å². The molecule has 0 aliphatic rings. The normalized spacial score (nSPS) is 11.4. The number of ketones is 1. The van der Waals surface area contributed by atoms with Crippen LogP contribution in [0.2, 0.25) is 0 Å². The molecule has 0 aliphatic heterocycles. The van der Waals surface area contributed by atoms with E-state index in [1.165, 1.54) is 0 Å². The van der Waals surface area contributed by atoms with Crippen LogP contribution in [0.1, 0.15) is 21.5 Å². The Hall–Kier alpha value is -2.31. The van der Waals surface area contributed by atoms with E-state index in [2.05, 4.69) is 4.98 Å². The lowest BCUT2D eigenvalue weighted by Gasteiger charge is -2.09. The maximum absolute atomic E-state index is 13.5. The first-order chi connectivity index (χ1) is 9.30. The summed E-state index contributed by atoms with van der Waals surface area (Å²) < 4.78 is 64.4. The molecule has 0 aliphatic carbocycles. The summed E-state index contributed by atoms with van der Waals surface area (Å²) in [4.78, 5) is 15.3. The van der Waals surface area contributed by atoms with Gasteiger partial charge in [0.15, 0.2) is 11.6 Å². The van der Waals surface area contributed by atoms with Crippen molar-refractivity contribution in [1.82, 2.24) is 4.98 Å². The van der Waals surface area contributed by atoms with Gasteiger partial charge in [0.1, 0.15) is 5.82 Å². The van der Waals surface area contributed by atoms with Crippen molar-refractivity contribution in [3.05, 3.63) is 65.0 Å². The predicted molar refractivity (Wildman–Crippen MR) is 59.0 cm³/mol. The zero-order chi connectivity index (χ0) is 14.9. The van der Waals surface area contributed by atoms with Gasteiger partial charge in [-0.25, -0.2) is 8.78 Å². The molecule has 0 fully saturated rings. The van der Waals surface area contributed by atoms with Gasteiger partial charge in [-0.05, 0) is 24.3 Å². The Morgan fingerprint density at radius 2 is 1.70 bits per heavy atom. The quantitative estimate of drug-likeness (QED) is 0.624. The van der Waals surface area contributed by atoms with Gasteiger partial charge in [-0.1, -0.05) is 0 Å². The molecule has 2 nitrogen and oxygen atoms in total. The first-order valence-electron chi connectivity index (χ1n) is 5.31. The second kappa shape index (κ2) is 4.99. The van der Waals surface area contributed by atoms with E-state index in [0.717, 1.165) is 18.5 Å². The van der Waals surface area contributed by atoms with Gasteiger partial charge in [0.2, 0.25) is 0 Å². The third-order valence-electron chi connectivity index (χ3n) is 2.56. The third-order valence-corrected chi connectivity index (χ3v) is 2.56. The minimum absolute atomic E-state index is 0.359. The highest BCUT2D eigenvalue weighted by molar-refractivity contribution is 6.09. The Morgan fingerprint density at radius 3 is 2.30 bits per heavy atom. The Balaban J connectivity index is 2.53. The maximum Gasteiger partial charge on any atom is 0.416 e. The summed E-state index contributed by atoms with van der Waals surface area (Å²) in [5.41, 5.74) is -2.57. The smallest absolute Gasteiger partial charge is 0.288 e. The van der Waals surface area contributed by atoms with Crippen molar-refractivity contribution in [2.24, 2.45) is 0 Å². The second-order valence-electron chi connectivity index (χ2n) is 3.88. The molecule has 104 valence electrons. The summed E-state index contributed by atoms with van der Waals surface area (Å²) >= 11 is 0. The average Bonchev–Trinajstić information content (AvgIpc) is 2.37.